The molecule has 0 bridgehead atoms. The Balaban J connectivity index is 0. The molecule has 0 heterocycles. The maximum atomic E-state index is 11.4. The number of hydrogen-bond acceptors (Lipinski definition) is 5. The summed E-state index contributed by atoms with van der Waals surface area (Å²) in [5, 5.41) is -0.669. The molecule has 0 aromatic rings. The number of nitrogens with zero attached hydrogens (tertiary/aromatic N) is 1. The van der Waals surface area contributed by atoms with Gasteiger partial charge >= 0.3 is 51.4 Å². The first-order chi connectivity index (χ1) is 5.78. The van der Waals surface area contributed by atoms with Gasteiger partial charge in [0, 0.05) is 13.7 Å². The van der Waals surface area contributed by atoms with Crippen molar-refractivity contribution < 1.29 is 69.2 Å². The monoisotopic (exact) mass is 305 g/mol. The first-order valence-electron chi connectivity index (χ1n) is 3.26. The minimum Gasteiger partial charge on any atom is -0.789 e. The third kappa shape index (κ3) is 5.65. The van der Waals surface area contributed by atoms with Gasteiger partial charge in [0.05, 0.1) is 6.64 Å². The topological polar surface area (TPSA) is 69.7 Å². The molecule has 0 rings (SSSR count). The maximum absolute atomic E-state index is 11.4. The summed E-state index contributed by atoms with van der Waals surface area (Å²) in [4.78, 5) is 11.4. The predicted molar refractivity (Wildman–Crippen MR) is 53.3 cm³/mol. The average molecular weight is 306 g/mol. The van der Waals surface area contributed by atoms with Crippen LogP contribution in [0.15, 0.2) is 0 Å². The van der Waals surface area contributed by atoms with E-state index in [-0.39, 0.29) is 58.0 Å². The van der Waals surface area contributed by atoms with Crippen molar-refractivity contribution in [2.24, 2.45) is 0 Å². The number of hydrogen-bond donors (Lipinski definition) is 0. The molecule has 1 unspecified atom stereocenters. The van der Waals surface area contributed by atoms with E-state index in [2.05, 4.69) is 16.3 Å². The van der Waals surface area contributed by atoms with E-state index >= 15 is 0 Å². The SMILES string of the molecule is CCOP([O-])(=S)N(C)S(=O)(=O)CCl.[K+]. The van der Waals surface area contributed by atoms with Crippen molar-refractivity contribution in [3.63, 3.8) is 0 Å². The van der Waals surface area contributed by atoms with Crippen LogP contribution in [0.25, 0.3) is 0 Å². The molecule has 80 valence electrons. The van der Waals surface area contributed by atoms with Gasteiger partial charge in [-0.05, 0) is 6.92 Å². The summed E-state index contributed by atoms with van der Waals surface area (Å²) in [6, 6.07) is 0. The van der Waals surface area contributed by atoms with Crippen LogP contribution in [-0.4, -0.2) is 31.4 Å². The Morgan fingerprint density at radius 2 is 2.07 bits per heavy atom. The first kappa shape index (κ1) is 18.8. The van der Waals surface area contributed by atoms with E-state index in [1.165, 1.54) is 0 Å². The third-order valence-corrected chi connectivity index (χ3v) is 7.11. The maximum Gasteiger partial charge on any atom is 1.00 e. The molecule has 0 N–H and O–H groups in total. The van der Waals surface area contributed by atoms with Crippen LogP contribution >= 0.6 is 18.2 Å². The Kier molecular flexibility index (Phi) is 10.3. The van der Waals surface area contributed by atoms with E-state index in [1.54, 1.807) is 6.92 Å². The van der Waals surface area contributed by atoms with Crippen molar-refractivity contribution in [2.45, 2.75) is 6.92 Å². The zero-order valence-electron chi connectivity index (χ0n) is 8.14. The van der Waals surface area contributed by atoms with Crippen LogP contribution < -0.4 is 56.3 Å². The van der Waals surface area contributed by atoms with Gasteiger partial charge in [-0.3, -0.25) is 0 Å². The Labute approximate surface area is 137 Å². The smallest absolute Gasteiger partial charge is 0.789 e. The van der Waals surface area contributed by atoms with Gasteiger partial charge in [-0.2, -0.15) is 4.08 Å². The largest absolute Gasteiger partial charge is 1.00 e. The molecule has 0 aliphatic heterocycles. The number of rotatable bonds is 5. The minimum absolute atomic E-state index is 0. The van der Waals surface area contributed by atoms with Crippen molar-refractivity contribution in [3.8, 4) is 0 Å². The summed E-state index contributed by atoms with van der Waals surface area (Å²) in [5.41, 5.74) is 0. The van der Waals surface area contributed by atoms with E-state index in [0.29, 0.717) is 4.08 Å². The quantitative estimate of drug-likeness (QED) is 0.309. The molecule has 0 amide bonds. The second-order valence-corrected chi connectivity index (χ2v) is 8.08. The van der Waals surface area contributed by atoms with E-state index in [9.17, 15) is 13.3 Å². The van der Waals surface area contributed by atoms with Crippen LogP contribution in [0.4, 0.5) is 0 Å². The summed E-state index contributed by atoms with van der Waals surface area (Å²) < 4.78 is 27.3. The van der Waals surface area contributed by atoms with Crippen molar-refractivity contribution >= 4 is 40.1 Å². The van der Waals surface area contributed by atoms with Crippen molar-refractivity contribution in [1.29, 1.82) is 0 Å². The van der Waals surface area contributed by atoms with Gasteiger partial charge in [0.1, 0.15) is 5.21 Å². The molecule has 1 atom stereocenters. The molecule has 0 saturated carbocycles. The van der Waals surface area contributed by atoms with E-state index in [4.69, 9.17) is 11.6 Å². The molecule has 0 aliphatic rings. The zero-order chi connectivity index (χ0) is 10.7. The molecule has 0 aromatic heterocycles. The van der Waals surface area contributed by atoms with Crippen molar-refractivity contribution in [1.82, 2.24) is 4.08 Å². The second-order valence-electron chi connectivity index (χ2n) is 2.04. The van der Waals surface area contributed by atoms with Crippen LogP contribution in [-0.2, 0) is 26.4 Å². The Bertz CT molecular complexity index is 310. The predicted octanol–water partition coefficient (Wildman–Crippen LogP) is -2.93. The molecule has 0 radical (unpaired) electrons. The summed E-state index contributed by atoms with van der Waals surface area (Å²) in [7, 11) is -2.69. The molecule has 10 heteroatoms. The number of sulfonamides is 1. The molecule has 14 heavy (non-hydrogen) atoms. The average Bonchev–Trinajstić information content (AvgIpc) is 2.03. The van der Waals surface area contributed by atoms with Crippen molar-refractivity contribution in [3.05, 3.63) is 0 Å². The van der Waals surface area contributed by atoms with Gasteiger partial charge in [-0.1, -0.05) is 11.8 Å². The molecule has 0 aromatic carbocycles. The second kappa shape index (κ2) is 7.68. The standard InChI is InChI=1S/C4H11ClNO4PS2.K/c1-3-10-11(7,12)6(2)13(8,9)4-5;/h3-4H2,1-2H3,(H,7,12);/q;+1/p-1. The van der Waals surface area contributed by atoms with Crippen LogP contribution in [0.2, 0.25) is 0 Å². The Morgan fingerprint density at radius 1 is 1.64 bits per heavy atom. The molecule has 0 aliphatic carbocycles. The van der Waals surface area contributed by atoms with Gasteiger partial charge in [-0.15, -0.1) is 11.6 Å². The molecule has 0 spiro atoms. The van der Waals surface area contributed by atoms with Gasteiger partial charge in [0.25, 0.3) is 0 Å². The first-order valence-corrected chi connectivity index (χ1v) is 8.00. The zero-order valence-corrected chi connectivity index (χ0v) is 14.5. The summed E-state index contributed by atoms with van der Waals surface area (Å²) >= 11 is 9.64. The number of halogens is 1. The molecule has 5 nitrogen and oxygen atoms in total. The fourth-order valence-corrected chi connectivity index (χ4v) is 4.50. The Hall–Kier alpha value is 2.41. The van der Waals surface area contributed by atoms with Crippen molar-refractivity contribution in [2.75, 3.05) is 18.9 Å². The normalized spacial score (nSPS) is 16.1. The van der Waals surface area contributed by atoms with E-state index < -0.39 is 21.9 Å². The minimum atomic E-state index is -3.77. The summed E-state index contributed by atoms with van der Waals surface area (Å²) in [6.45, 7) is -2.02. The number of alkyl halides is 1. The van der Waals surface area contributed by atoms with E-state index in [1.807, 2.05) is 0 Å². The van der Waals surface area contributed by atoms with Crippen LogP contribution in [0.5, 0.6) is 0 Å². The van der Waals surface area contributed by atoms with Gasteiger partial charge in [0.15, 0.2) is 0 Å². The summed E-state index contributed by atoms with van der Waals surface area (Å²) in [5.74, 6) is 0. The van der Waals surface area contributed by atoms with Crippen LogP contribution in [0, 0.1) is 0 Å². The van der Waals surface area contributed by atoms with E-state index in [0.717, 1.165) is 7.05 Å². The fourth-order valence-electron chi connectivity index (χ4n) is 0.467. The van der Waals surface area contributed by atoms with Crippen LogP contribution in [0.1, 0.15) is 6.92 Å². The van der Waals surface area contributed by atoms with Gasteiger partial charge < -0.3 is 9.42 Å². The molecular weight excluding hydrogens is 296 g/mol. The fraction of sp³-hybridized carbons (Fsp3) is 1.00. The molecule has 0 fully saturated rings. The molecular formula is C4H10ClKNO4PS2. The summed E-state index contributed by atoms with van der Waals surface area (Å²) in [6.07, 6.45) is 0. The Morgan fingerprint density at radius 3 is 2.36 bits per heavy atom. The molecule has 0 saturated heterocycles. The van der Waals surface area contributed by atoms with Crippen LogP contribution in [0.3, 0.4) is 0 Å². The van der Waals surface area contributed by atoms with Gasteiger partial charge in [-0.25, -0.2) is 8.42 Å². The third-order valence-electron chi connectivity index (χ3n) is 1.18. The van der Waals surface area contributed by atoms with Gasteiger partial charge in [0.2, 0.25) is 10.0 Å².